The zero-order valence-corrected chi connectivity index (χ0v) is 16.4. The van der Waals surface area contributed by atoms with E-state index >= 15 is 0 Å². The summed E-state index contributed by atoms with van der Waals surface area (Å²) in [5.74, 6) is 0.0267. The van der Waals surface area contributed by atoms with Crippen LogP contribution in [0.4, 0.5) is 10.5 Å². The van der Waals surface area contributed by atoms with Crippen LogP contribution in [0.25, 0.3) is 0 Å². The van der Waals surface area contributed by atoms with Crippen LogP contribution in [0.15, 0.2) is 36.7 Å². The molecule has 144 valence electrons. The first-order valence-electron chi connectivity index (χ1n) is 9.13. The quantitative estimate of drug-likeness (QED) is 0.797. The number of aromatic nitrogens is 1. The fraction of sp³-hybridized carbons (Fsp3) is 0.350. The smallest absolute Gasteiger partial charge is 0.412 e. The lowest BCUT2D eigenvalue weighted by molar-refractivity contribution is -0.134. The number of carbonyl (C=O) groups excluding carboxylic acids is 2. The first kappa shape index (κ1) is 17.8. The minimum absolute atomic E-state index is 0.0267. The van der Waals surface area contributed by atoms with Crippen LogP contribution in [0.1, 0.15) is 30.4 Å². The van der Waals surface area contributed by atoms with Crippen molar-refractivity contribution in [1.29, 1.82) is 0 Å². The third-order valence-electron chi connectivity index (χ3n) is 5.96. The SMILES string of the molecule is O=C1Nc2cnccc2C2(CCN(C(=O)C3(c4ccc(Cl)cc4Cl)CC3)C2)O1. The Labute approximate surface area is 171 Å². The monoisotopic (exact) mass is 417 g/mol. The Morgan fingerprint density at radius 2 is 2.00 bits per heavy atom. The number of halogens is 2. The highest BCUT2D eigenvalue weighted by atomic mass is 35.5. The van der Waals surface area contributed by atoms with E-state index in [0.29, 0.717) is 35.2 Å². The number of anilines is 1. The highest BCUT2D eigenvalue weighted by Crippen LogP contribution is 2.53. The van der Waals surface area contributed by atoms with E-state index in [0.717, 1.165) is 24.0 Å². The van der Waals surface area contributed by atoms with Crippen LogP contribution >= 0.6 is 23.2 Å². The number of amides is 2. The van der Waals surface area contributed by atoms with E-state index in [1.807, 2.05) is 12.1 Å². The van der Waals surface area contributed by atoms with Gasteiger partial charge in [0.2, 0.25) is 5.91 Å². The number of nitrogens with one attached hydrogen (secondary N) is 1. The molecule has 3 aliphatic rings. The predicted octanol–water partition coefficient (Wildman–Crippen LogP) is 4.11. The number of carbonyl (C=O) groups is 2. The first-order chi connectivity index (χ1) is 13.4. The summed E-state index contributed by atoms with van der Waals surface area (Å²) in [6, 6.07) is 7.12. The molecule has 3 heterocycles. The molecule has 0 radical (unpaired) electrons. The number of rotatable bonds is 2. The Morgan fingerprint density at radius 3 is 2.75 bits per heavy atom. The maximum absolute atomic E-state index is 13.5. The number of benzene rings is 1. The van der Waals surface area contributed by atoms with Gasteiger partial charge in [-0.25, -0.2) is 4.79 Å². The van der Waals surface area contributed by atoms with E-state index in [4.69, 9.17) is 27.9 Å². The topological polar surface area (TPSA) is 71.5 Å². The molecule has 2 aliphatic heterocycles. The van der Waals surface area contributed by atoms with Crippen LogP contribution < -0.4 is 5.32 Å². The zero-order chi connectivity index (χ0) is 19.5. The molecule has 8 heteroatoms. The molecule has 0 bridgehead atoms. The van der Waals surface area contributed by atoms with E-state index in [1.165, 1.54) is 0 Å². The summed E-state index contributed by atoms with van der Waals surface area (Å²) in [5.41, 5.74) is 0.861. The van der Waals surface area contributed by atoms with Crippen LogP contribution in [0, 0.1) is 0 Å². The van der Waals surface area contributed by atoms with Gasteiger partial charge in [0.05, 0.1) is 23.8 Å². The number of likely N-dealkylation sites (tertiary alicyclic amines) is 1. The second-order valence-corrected chi connectivity index (χ2v) is 8.46. The van der Waals surface area contributed by atoms with Crippen molar-refractivity contribution in [3.8, 4) is 0 Å². The molecule has 6 nitrogen and oxygen atoms in total. The molecule has 5 rings (SSSR count). The van der Waals surface area contributed by atoms with Crippen LogP contribution in [0.2, 0.25) is 10.0 Å². The Balaban J connectivity index is 1.45. The lowest BCUT2D eigenvalue weighted by Gasteiger charge is -2.35. The second kappa shape index (κ2) is 6.09. The number of ether oxygens (including phenoxy) is 1. The molecular formula is C20H17Cl2N3O3. The highest BCUT2D eigenvalue weighted by molar-refractivity contribution is 6.35. The van der Waals surface area contributed by atoms with Gasteiger partial charge in [-0.05, 0) is 36.6 Å². The minimum Gasteiger partial charge on any atom is -0.436 e. The molecule has 1 saturated carbocycles. The molecule has 1 aliphatic carbocycles. The third kappa shape index (κ3) is 2.58. The van der Waals surface area contributed by atoms with Crippen molar-refractivity contribution in [3.63, 3.8) is 0 Å². The summed E-state index contributed by atoms with van der Waals surface area (Å²) < 4.78 is 5.70. The van der Waals surface area contributed by atoms with Gasteiger partial charge in [0.1, 0.15) is 0 Å². The fourth-order valence-corrected chi connectivity index (χ4v) is 5.01. The van der Waals surface area contributed by atoms with Gasteiger partial charge in [0.25, 0.3) is 0 Å². The van der Waals surface area contributed by atoms with Gasteiger partial charge < -0.3 is 9.64 Å². The van der Waals surface area contributed by atoms with Gasteiger partial charge >= 0.3 is 6.09 Å². The lowest BCUT2D eigenvalue weighted by atomic mass is 9.90. The second-order valence-electron chi connectivity index (χ2n) is 7.61. The zero-order valence-electron chi connectivity index (χ0n) is 14.9. The molecule has 1 unspecified atom stereocenters. The largest absolute Gasteiger partial charge is 0.436 e. The van der Waals surface area contributed by atoms with Crippen molar-refractivity contribution in [1.82, 2.24) is 9.88 Å². The van der Waals surface area contributed by atoms with Crippen molar-refractivity contribution in [2.75, 3.05) is 18.4 Å². The van der Waals surface area contributed by atoms with Crippen LogP contribution in [0.3, 0.4) is 0 Å². The molecule has 1 spiro atoms. The van der Waals surface area contributed by atoms with Crippen LogP contribution in [-0.4, -0.2) is 35.0 Å². The van der Waals surface area contributed by atoms with E-state index in [9.17, 15) is 9.59 Å². The number of nitrogens with zero attached hydrogens (tertiary/aromatic N) is 2. The Hall–Kier alpha value is -2.31. The summed E-state index contributed by atoms with van der Waals surface area (Å²) >= 11 is 12.4. The van der Waals surface area contributed by atoms with E-state index in [2.05, 4.69) is 10.3 Å². The average molecular weight is 418 g/mol. The summed E-state index contributed by atoms with van der Waals surface area (Å²) in [6.07, 6.45) is 4.81. The van der Waals surface area contributed by atoms with Gasteiger partial charge in [0, 0.05) is 34.8 Å². The van der Waals surface area contributed by atoms with Gasteiger partial charge in [-0.1, -0.05) is 29.3 Å². The van der Waals surface area contributed by atoms with Gasteiger partial charge in [-0.15, -0.1) is 0 Å². The van der Waals surface area contributed by atoms with Crippen molar-refractivity contribution in [2.24, 2.45) is 0 Å². The molecule has 2 aromatic rings. The summed E-state index contributed by atoms with van der Waals surface area (Å²) in [6.45, 7) is 0.837. The summed E-state index contributed by atoms with van der Waals surface area (Å²) in [7, 11) is 0. The standard InChI is InChI=1S/C20H17Cl2N3O3/c21-12-1-2-13(15(22)9-12)19(4-5-19)17(26)25-8-6-20(11-25)14-3-7-23-10-16(14)24-18(27)28-20/h1-3,7,9-10H,4-6,8,11H2,(H,24,27). The Bertz CT molecular complexity index is 1010. The molecule has 1 N–H and O–H groups in total. The van der Waals surface area contributed by atoms with E-state index in [-0.39, 0.29) is 5.91 Å². The van der Waals surface area contributed by atoms with Crippen LogP contribution in [-0.2, 0) is 20.5 Å². The van der Waals surface area contributed by atoms with Crippen molar-refractivity contribution >= 4 is 40.9 Å². The molecular weight excluding hydrogens is 401 g/mol. The average Bonchev–Trinajstić information content (AvgIpc) is 3.36. The Kier molecular flexibility index (Phi) is 3.87. The molecule has 2 amide bonds. The molecule has 1 saturated heterocycles. The summed E-state index contributed by atoms with van der Waals surface area (Å²) in [4.78, 5) is 31.4. The summed E-state index contributed by atoms with van der Waals surface area (Å²) in [5, 5.41) is 3.74. The van der Waals surface area contributed by atoms with Gasteiger partial charge in [-0.3, -0.25) is 15.1 Å². The van der Waals surface area contributed by atoms with Crippen LogP contribution in [0.5, 0.6) is 0 Å². The molecule has 1 atom stereocenters. The molecule has 1 aromatic heterocycles. The minimum atomic E-state index is -0.837. The molecule has 28 heavy (non-hydrogen) atoms. The Morgan fingerprint density at radius 1 is 1.18 bits per heavy atom. The number of hydrogen-bond acceptors (Lipinski definition) is 4. The molecule has 2 fully saturated rings. The number of pyridine rings is 1. The lowest BCUT2D eigenvalue weighted by Crippen LogP contribution is -2.44. The van der Waals surface area contributed by atoms with E-state index < -0.39 is 17.1 Å². The van der Waals surface area contributed by atoms with Gasteiger partial charge in [0.15, 0.2) is 5.60 Å². The third-order valence-corrected chi connectivity index (χ3v) is 6.51. The number of fused-ring (bicyclic) bond motifs is 2. The fourth-order valence-electron chi connectivity index (χ4n) is 4.42. The van der Waals surface area contributed by atoms with E-state index in [1.54, 1.807) is 29.4 Å². The normalized spacial score (nSPS) is 24.5. The first-order valence-corrected chi connectivity index (χ1v) is 9.89. The maximum atomic E-state index is 13.5. The number of hydrogen-bond donors (Lipinski definition) is 1. The van der Waals surface area contributed by atoms with Crippen molar-refractivity contribution in [2.45, 2.75) is 30.3 Å². The van der Waals surface area contributed by atoms with Crippen molar-refractivity contribution < 1.29 is 14.3 Å². The maximum Gasteiger partial charge on any atom is 0.412 e. The highest BCUT2D eigenvalue weighted by Gasteiger charge is 2.57. The predicted molar refractivity (Wildman–Crippen MR) is 105 cm³/mol. The van der Waals surface area contributed by atoms with Gasteiger partial charge in [-0.2, -0.15) is 0 Å². The van der Waals surface area contributed by atoms with Crippen molar-refractivity contribution in [3.05, 3.63) is 57.8 Å². The molecule has 1 aromatic carbocycles.